The van der Waals surface area contributed by atoms with Gasteiger partial charge in [-0.25, -0.2) is 4.98 Å². The first-order chi connectivity index (χ1) is 8.36. The third-order valence-corrected chi connectivity index (χ3v) is 2.85. The summed E-state index contributed by atoms with van der Waals surface area (Å²) < 4.78 is 2.05. The summed E-state index contributed by atoms with van der Waals surface area (Å²) in [4.78, 5) is 4.37. The van der Waals surface area contributed by atoms with Crippen LogP contribution in [0.25, 0.3) is 11.2 Å². The fraction of sp³-hybridized carbons (Fsp3) is 0. The molecule has 2 nitrogen and oxygen atoms in total. The van der Waals surface area contributed by atoms with Crippen molar-refractivity contribution in [3.05, 3.63) is 78.8 Å². The quantitative estimate of drug-likeness (QED) is 0.647. The number of rotatable bonds is 2. The van der Waals surface area contributed by atoms with Crippen LogP contribution in [0.1, 0.15) is 11.3 Å². The maximum absolute atomic E-state index is 4.37. The minimum atomic E-state index is 0.944. The Morgan fingerprint density at radius 3 is 2.59 bits per heavy atom. The van der Waals surface area contributed by atoms with Gasteiger partial charge in [-0.15, -0.1) is 0 Å². The van der Waals surface area contributed by atoms with Crippen LogP contribution in [0.3, 0.4) is 0 Å². The maximum Gasteiger partial charge on any atom is 0.137 e. The third-order valence-electron chi connectivity index (χ3n) is 2.85. The number of benzene rings is 1. The zero-order valence-corrected chi connectivity index (χ0v) is 9.38. The average molecular weight is 220 g/mol. The second-order valence-electron chi connectivity index (χ2n) is 3.92. The van der Waals surface area contributed by atoms with Crippen molar-refractivity contribution in [2.24, 2.45) is 0 Å². The van der Waals surface area contributed by atoms with Crippen LogP contribution in [0.15, 0.2) is 67.5 Å². The molecule has 0 saturated carbocycles. The monoisotopic (exact) mass is 220 g/mol. The van der Waals surface area contributed by atoms with E-state index in [0.29, 0.717) is 0 Å². The summed E-state index contributed by atoms with van der Waals surface area (Å²) in [6.45, 7) is 4.16. The molecule has 0 amide bonds. The normalized spacial score (nSPS) is 10.6. The highest BCUT2D eigenvalue weighted by Crippen LogP contribution is 2.21. The predicted molar refractivity (Wildman–Crippen MR) is 69.8 cm³/mol. The Bertz CT molecular complexity index is 665. The molecule has 0 atom stereocenters. The molecule has 0 aliphatic heterocycles. The molecule has 17 heavy (non-hydrogen) atoms. The summed E-state index contributed by atoms with van der Waals surface area (Å²) in [5, 5.41) is 0. The van der Waals surface area contributed by atoms with Crippen LogP contribution in [0, 0.1) is 0 Å². The van der Waals surface area contributed by atoms with Gasteiger partial charge >= 0.3 is 0 Å². The number of hydrogen-bond donors (Lipinski definition) is 0. The van der Waals surface area contributed by atoms with E-state index in [1.165, 1.54) is 0 Å². The van der Waals surface area contributed by atoms with E-state index in [0.717, 1.165) is 22.5 Å². The average Bonchev–Trinajstić information content (AvgIpc) is 2.83. The Hall–Kier alpha value is -2.35. The van der Waals surface area contributed by atoms with Crippen molar-refractivity contribution >= 4 is 11.2 Å². The van der Waals surface area contributed by atoms with Crippen LogP contribution in [0.2, 0.25) is 0 Å². The third kappa shape index (κ3) is 1.64. The standard InChI is InChI=1S/C15H12N2/c1-12(13-7-3-2-4-8-13)14-11-16-15-9-5-6-10-17(14)15/h2-11H,1H2. The van der Waals surface area contributed by atoms with Crippen molar-refractivity contribution in [1.82, 2.24) is 9.38 Å². The molecule has 0 N–H and O–H groups in total. The highest BCUT2D eigenvalue weighted by atomic mass is 15.0. The van der Waals surface area contributed by atoms with Gasteiger partial charge in [-0.05, 0) is 17.7 Å². The number of hydrogen-bond acceptors (Lipinski definition) is 1. The molecule has 0 bridgehead atoms. The molecule has 0 radical (unpaired) electrons. The first-order valence-corrected chi connectivity index (χ1v) is 5.53. The van der Waals surface area contributed by atoms with Crippen molar-refractivity contribution < 1.29 is 0 Å². The molecule has 1 aromatic carbocycles. The minimum Gasteiger partial charge on any atom is -0.300 e. The van der Waals surface area contributed by atoms with Gasteiger partial charge in [-0.1, -0.05) is 43.0 Å². The lowest BCUT2D eigenvalue weighted by atomic mass is 10.1. The fourth-order valence-corrected chi connectivity index (χ4v) is 1.94. The molecule has 0 spiro atoms. The molecule has 2 heteroatoms. The topological polar surface area (TPSA) is 17.3 Å². The number of imidazole rings is 1. The molecular formula is C15H12N2. The molecule has 2 aromatic heterocycles. The van der Waals surface area contributed by atoms with Gasteiger partial charge in [0.1, 0.15) is 5.65 Å². The number of aromatic nitrogens is 2. The van der Waals surface area contributed by atoms with Gasteiger partial charge in [-0.2, -0.15) is 0 Å². The van der Waals surface area contributed by atoms with Gasteiger partial charge < -0.3 is 0 Å². The van der Waals surface area contributed by atoms with Crippen LogP contribution in [-0.4, -0.2) is 9.38 Å². The van der Waals surface area contributed by atoms with Crippen LogP contribution >= 0.6 is 0 Å². The zero-order valence-electron chi connectivity index (χ0n) is 9.38. The van der Waals surface area contributed by atoms with E-state index in [9.17, 15) is 0 Å². The van der Waals surface area contributed by atoms with Gasteiger partial charge in [0.25, 0.3) is 0 Å². The Balaban J connectivity index is 2.14. The Morgan fingerprint density at radius 1 is 1.00 bits per heavy atom. The molecule has 3 aromatic rings. The molecule has 0 saturated heterocycles. The second-order valence-corrected chi connectivity index (χ2v) is 3.92. The van der Waals surface area contributed by atoms with Crippen molar-refractivity contribution in [3.63, 3.8) is 0 Å². The molecular weight excluding hydrogens is 208 g/mol. The summed E-state index contributed by atoms with van der Waals surface area (Å²) in [5.74, 6) is 0. The van der Waals surface area contributed by atoms with Crippen molar-refractivity contribution in [2.75, 3.05) is 0 Å². The van der Waals surface area contributed by atoms with Gasteiger partial charge in [-0.3, -0.25) is 4.40 Å². The van der Waals surface area contributed by atoms with Crippen LogP contribution < -0.4 is 0 Å². The highest BCUT2D eigenvalue weighted by Gasteiger charge is 2.07. The summed E-state index contributed by atoms with van der Waals surface area (Å²) in [6.07, 6.45) is 3.87. The van der Waals surface area contributed by atoms with E-state index in [4.69, 9.17) is 0 Å². The summed E-state index contributed by atoms with van der Waals surface area (Å²) in [7, 11) is 0. The SMILES string of the molecule is C=C(c1ccccc1)c1cnc2ccccn12. The lowest BCUT2D eigenvalue weighted by Gasteiger charge is -2.05. The Morgan fingerprint density at radius 2 is 1.76 bits per heavy atom. The number of pyridine rings is 1. The minimum absolute atomic E-state index is 0.944. The van der Waals surface area contributed by atoms with Crippen LogP contribution in [0.5, 0.6) is 0 Å². The second kappa shape index (κ2) is 3.91. The lowest BCUT2D eigenvalue weighted by Crippen LogP contribution is -1.92. The number of nitrogens with zero attached hydrogens (tertiary/aromatic N) is 2. The van der Waals surface area contributed by atoms with E-state index < -0.39 is 0 Å². The molecule has 2 heterocycles. The van der Waals surface area contributed by atoms with Crippen LogP contribution in [-0.2, 0) is 0 Å². The largest absolute Gasteiger partial charge is 0.300 e. The zero-order chi connectivity index (χ0) is 11.7. The van der Waals surface area contributed by atoms with Crippen molar-refractivity contribution in [1.29, 1.82) is 0 Å². The summed E-state index contributed by atoms with van der Waals surface area (Å²) >= 11 is 0. The van der Waals surface area contributed by atoms with Crippen molar-refractivity contribution in [2.45, 2.75) is 0 Å². The molecule has 0 unspecified atom stereocenters. The van der Waals surface area contributed by atoms with E-state index in [2.05, 4.69) is 28.1 Å². The molecule has 0 fully saturated rings. The van der Waals surface area contributed by atoms with E-state index in [1.807, 2.05) is 48.8 Å². The van der Waals surface area contributed by atoms with Gasteiger partial charge in [0.15, 0.2) is 0 Å². The van der Waals surface area contributed by atoms with Gasteiger partial charge in [0.05, 0.1) is 11.9 Å². The summed E-state index contributed by atoms with van der Waals surface area (Å²) in [6, 6.07) is 16.1. The first-order valence-electron chi connectivity index (χ1n) is 5.53. The summed E-state index contributed by atoms with van der Waals surface area (Å²) in [5.41, 5.74) is 4.09. The van der Waals surface area contributed by atoms with E-state index >= 15 is 0 Å². The van der Waals surface area contributed by atoms with Gasteiger partial charge in [0, 0.05) is 11.8 Å². The highest BCUT2D eigenvalue weighted by molar-refractivity contribution is 5.77. The smallest absolute Gasteiger partial charge is 0.137 e. The fourth-order valence-electron chi connectivity index (χ4n) is 1.94. The van der Waals surface area contributed by atoms with Gasteiger partial charge in [0.2, 0.25) is 0 Å². The lowest BCUT2D eigenvalue weighted by molar-refractivity contribution is 1.16. The van der Waals surface area contributed by atoms with E-state index in [-0.39, 0.29) is 0 Å². The Kier molecular flexibility index (Phi) is 2.26. The first kappa shape index (κ1) is 9.85. The maximum atomic E-state index is 4.37. The number of fused-ring (bicyclic) bond motifs is 1. The molecule has 0 aliphatic carbocycles. The molecule has 0 aliphatic rings. The van der Waals surface area contributed by atoms with E-state index in [1.54, 1.807) is 0 Å². The molecule has 3 rings (SSSR count). The van der Waals surface area contributed by atoms with Crippen molar-refractivity contribution in [3.8, 4) is 0 Å². The van der Waals surface area contributed by atoms with Crippen LogP contribution in [0.4, 0.5) is 0 Å². The predicted octanol–water partition coefficient (Wildman–Crippen LogP) is 3.40. The Labute approximate surface area is 99.9 Å². The molecule has 82 valence electrons.